The van der Waals surface area contributed by atoms with Gasteiger partial charge in [-0.15, -0.1) is 6.58 Å². The first-order valence-electron chi connectivity index (χ1n) is 6.48. The zero-order valence-electron chi connectivity index (χ0n) is 11.1. The fourth-order valence-corrected chi connectivity index (χ4v) is 2.14. The molecular weight excluding hydrogens is 220 g/mol. The summed E-state index contributed by atoms with van der Waals surface area (Å²) >= 11 is 0. The molecule has 0 saturated carbocycles. The summed E-state index contributed by atoms with van der Waals surface area (Å²) < 4.78 is 0. The van der Waals surface area contributed by atoms with Crippen LogP contribution in [-0.2, 0) is 0 Å². The van der Waals surface area contributed by atoms with Crippen molar-refractivity contribution >= 4 is 10.9 Å². The van der Waals surface area contributed by atoms with Gasteiger partial charge < -0.3 is 5.32 Å². The van der Waals surface area contributed by atoms with E-state index in [-0.39, 0.29) is 6.04 Å². The zero-order valence-corrected chi connectivity index (χ0v) is 11.1. The lowest BCUT2D eigenvalue weighted by atomic mass is 10.1. The van der Waals surface area contributed by atoms with E-state index in [2.05, 4.69) is 50.0 Å². The number of fused-ring (bicyclic) bond motifs is 1. The Hall–Kier alpha value is -1.67. The van der Waals surface area contributed by atoms with Gasteiger partial charge in [-0.3, -0.25) is 4.98 Å². The zero-order chi connectivity index (χ0) is 13.0. The van der Waals surface area contributed by atoms with Gasteiger partial charge in [-0.1, -0.05) is 31.2 Å². The molecule has 0 amide bonds. The summed E-state index contributed by atoms with van der Waals surface area (Å²) in [5.41, 5.74) is 3.37. The quantitative estimate of drug-likeness (QED) is 0.805. The largest absolute Gasteiger partial charge is 0.305 e. The van der Waals surface area contributed by atoms with Gasteiger partial charge >= 0.3 is 0 Å². The molecule has 0 aliphatic carbocycles. The maximum Gasteiger partial charge on any atom is 0.0708 e. The van der Waals surface area contributed by atoms with Crippen LogP contribution in [0.2, 0.25) is 0 Å². The van der Waals surface area contributed by atoms with E-state index in [4.69, 9.17) is 4.98 Å². The molecule has 94 valence electrons. The van der Waals surface area contributed by atoms with Gasteiger partial charge in [0.05, 0.1) is 17.3 Å². The highest BCUT2D eigenvalue weighted by molar-refractivity contribution is 5.82. The molecule has 0 saturated heterocycles. The van der Waals surface area contributed by atoms with Gasteiger partial charge in [-0.2, -0.15) is 0 Å². The van der Waals surface area contributed by atoms with E-state index < -0.39 is 0 Å². The van der Waals surface area contributed by atoms with Crippen molar-refractivity contribution in [2.24, 2.45) is 0 Å². The van der Waals surface area contributed by atoms with E-state index in [1.54, 1.807) is 0 Å². The third-order valence-corrected chi connectivity index (χ3v) is 3.11. The summed E-state index contributed by atoms with van der Waals surface area (Å²) in [4.78, 5) is 4.73. The Labute approximate surface area is 109 Å². The molecule has 0 radical (unpaired) electrons. The van der Waals surface area contributed by atoms with Crippen LogP contribution >= 0.6 is 0 Å². The Morgan fingerprint density at radius 3 is 2.89 bits per heavy atom. The van der Waals surface area contributed by atoms with E-state index in [9.17, 15) is 0 Å². The third kappa shape index (κ3) is 2.59. The molecule has 18 heavy (non-hydrogen) atoms. The first-order chi connectivity index (χ1) is 8.76. The number of rotatable bonds is 5. The summed E-state index contributed by atoms with van der Waals surface area (Å²) in [6.45, 7) is 9.17. The molecule has 2 heteroatoms. The first-order valence-corrected chi connectivity index (χ1v) is 6.48. The Bertz CT molecular complexity index is 546. The van der Waals surface area contributed by atoms with Crippen LogP contribution in [0.3, 0.4) is 0 Å². The van der Waals surface area contributed by atoms with Gasteiger partial charge in [-0.05, 0) is 37.6 Å². The molecule has 1 heterocycles. The minimum absolute atomic E-state index is 0.133. The van der Waals surface area contributed by atoms with Crippen molar-refractivity contribution in [1.29, 1.82) is 0 Å². The molecular formula is C16H20N2. The minimum atomic E-state index is 0.133. The summed E-state index contributed by atoms with van der Waals surface area (Å²) in [7, 11) is 0. The molecule has 1 aromatic carbocycles. The lowest BCUT2D eigenvalue weighted by Crippen LogP contribution is -2.21. The van der Waals surface area contributed by atoms with Crippen LogP contribution in [0.5, 0.6) is 0 Å². The first kappa shape index (κ1) is 12.8. The standard InChI is InChI=1S/C16H20N2/c1-4-10-17-14(5-2)16-11-12(3)13-8-6-7-9-15(13)18-16/h5-9,11,14,17H,2,4,10H2,1,3H3. The van der Waals surface area contributed by atoms with Gasteiger partial charge in [0.2, 0.25) is 0 Å². The van der Waals surface area contributed by atoms with Crippen molar-refractivity contribution in [3.63, 3.8) is 0 Å². The number of pyridine rings is 1. The molecule has 0 aliphatic heterocycles. The van der Waals surface area contributed by atoms with Crippen LogP contribution in [0.4, 0.5) is 0 Å². The molecule has 0 fully saturated rings. The molecule has 0 aliphatic rings. The fraction of sp³-hybridized carbons (Fsp3) is 0.312. The Morgan fingerprint density at radius 2 is 2.17 bits per heavy atom. The molecule has 1 unspecified atom stereocenters. The van der Waals surface area contributed by atoms with Gasteiger partial charge in [-0.25, -0.2) is 0 Å². The van der Waals surface area contributed by atoms with E-state index >= 15 is 0 Å². The van der Waals surface area contributed by atoms with Crippen molar-refractivity contribution in [3.8, 4) is 0 Å². The average Bonchev–Trinajstić information content (AvgIpc) is 2.40. The summed E-state index contributed by atoms with van der Waals surface area (Å²) in [6.07, 6.45) is 3.03. The molecule has 1 aromatic heterocycles. The molecule has 1 N–H and O–H groups in total. The number of aromatic nitrogens is 1. The average molecular weight is 240 g/mol. The second kappa shape index (κ2) is 5.78. The van der Waals surface area contributed by atoms with Crippen molar-refractivity contribution in [2.75, 3.05) is 6.54 Å². The Morgan fingerprint density at radius 1 is 1.39 bits per heavy atom. The van der Waals surface area contributed by atoms with Gasteiger partial charge in [0, 0.05) is 5.39 Å². The number of nitrogens with one attached hydrogen (secondary N) is 1. The van der Waals surface area contributed by atoms with Crippen molar-refractivity contribution in [2.45, 2.75) is 26.3 Å². The number of hydrogen-bond donors (Lipinski definition) is 1. The van der Waals surface area contributed by atoms with Crippen LogP contribution in [0.1, 0.15) is 30.6 Å². The fourth-order valence-electron chi connectivity index (χ4n) is 2.14. The smallest absolute Gasteiger partial charge is 0.0708 e. The second-order valence-electron chi connectivity index (χ2n) is 4.55. The van der Waals surface area contributed by atoms with Gasteiger partial charge in [0.15, 0.2) is 0 Å². The lowest BCUT2D eigenvalue weighted by Gasteiger charge is -2.15. The number of benzene rings is 1. The second-order valence-corrected chi connectivity index (χ2v) is 4.55. The highest BCUT2D eigenvalue weighted by atomic mass is 14.9. The molecule has 1 atom stereocenters. The van der Waals surface area contributed by atoms with Crippen LogP contribution in [0, 0.1) is 6.92 Å². The van der Waals surface area contributed by atoms with Crippen molar-refractivity contribution in [3.05, 3.63) is 54.2 Å². The summed E-state index contributed by atoms with van der Waals surface area (Å²) in [5.74, 6) is 0. The Kier molecular flexibility index (Phi) is 4.11. The van der Waals surface area contributed by atoms with Crippen LogP contribution in [-0.4, -0.2) is 11.5 Å². The predicted octanol–water partition coefficient (Wildman–Crippen LogP) is 3.77. The molecule has 0 spiro atoms. The van der Waals surface area contributed by atoms with Crippen LogP contribution in [0.15, 0.2) is 43.0 Å². The monoisotopic (exact) mass is 240 g/mol. The summed E-state index contributed by atoms with van der Waals surface area (Å²) in [5, 5.41) is 4.67. The normalized spacial score (nSPS) is 12.6. The van der Waals surface area contributed by atoms with Gasteiger partial charge in [0.1, 0.15) is 0 Å². The lowest BCUT2D eigenvalue weighted by molar-refractivity contribution is 0.603. The van der Waals surface area contributed by atoms with Crippen molar-refractivity contribution < 1.29 is 0 Å². The maximum atomic E-state index is 4.73. The van der Waals surface area contributed by atoms with Crippen LogP contribution in [0.25, 0.3) is 10.9 Å². The molecule has 0 bridgehead atoms. The maximum absolute atomic E-state index is 4.73. The highest BCUT2D eigenvalue weighted by Crippen LogP contribution is 2.21. The van der Waals surface area contributed by atoms with E-state index in [0.717, 1.165) is 24.2 Å². The topological polar surface area (TPSA) is 24.9 Å². The number of para-hydroxylation sites is 1. The predicted molar refractivity (Wildman–Crippen MR) is 77.7 cm³/mol. The third-order valence-electron chi connectivity index (χ3n) is 3.11. The number of hydrogen-bond acceptors (Lipinski definition) is 2. The van der Waals surface area contributed by atoms with Gasteiger partial charge in [0.25, 0.3) is 0 Å². The number of aryl methyl sites for hydroxylation is 1. The SMILES string of the molecule is C=CC(NCCC)c1cc(C)c2ccccc2n1. The van der Waals surface area contributed by atoms with E-state index in [0.29, 0.717) is 0 Å². The van der Waals surface area contributed by atoms with E-state index in [1.807, 2.05) is 12.1 Å². The van der Waals surface area contributed by atoms with Crippen molar-refractivity contribution in [1.82, 2.24) is 10.3 Å². The van der Waals surface area contributed by atoms with Crippen LogP contribution < -0.4 is 5.32 Å². The summed E-state index contributed by atoms with van der Waals surface area (Å²) in [6, 6.07) is 10.5. The molecule has 2 rings (SSSR count). The Balaban J connectivity index is 2.41. The molecule has 2 aromatic rings. The van der Waals surface area contributed by atoms with E-state index in [1.165, 1.54) is 10.9 Å². The highest BCUT2D eigenvalue weighted by Gasteiger charge is 2.10. The molecule has 2 nitrogen and oxygen atoms in total. The number of nitrogens with zero attached hydrogens (tertiary/aromatic N) is 1. The minimum Gasteiger partial charge on any atom is -0.305 e.